The number of hydrogen-bond donors (Lipinski definition) is 0. The summed E-state index contributed by atoms with van der Waals surface area (Å²) in [6.07, 6.45) is 0. The summed E-state index contributed by atoms with van der Waals surface area (Å²) < 4.78 is 13.8. The number of nitrogens with zero attached hydrogens (tertiary/aromatic N) is 1. The Morgan fingerprint density at radius 3 is 2.59 bits per heavy atom. The maximum atomic E-state index is 13.8. The summed E-state index contributed by atoms with van der Waals surface area (Å²) in [5, 5.41) is 1.76. The molecule has 1 aliphatic rings. The number of thioether (sulfide) groups is 1. The molecule has 0 spiro atoms. The summed E-state index contributed by atoms with van der Waals surface area (Å²) in [6.45, 7) is 1.91. The van der Waals surface area contributed by atoms with E-state index in [0.29, 0.717) is 11.4 Å². The predicted octanol–water partition coefficient (Wildman–Crippen LogP) is 2.91. The maximum absolute atomic E-state index is 13.8. The third-order valence-corrected chi connectivity index (χ3v) is 5.93. The molecule has 1 saturated heterocycles. The Balaban J connectivity index is 2.07. The van der Waals surface area contributed by atoms with Crippen molar-refractivity contribution in [2.45, 2.75) is 12.3 Å². The van der Waals surface area contributed by atoms with Gasteiger partial charge in [-0.1, -0.05) is 24.3 Å². The van der Waals surface area contributed by atoms with E-state index in [1.54, 1.807) is 16.7 Å². The quantitative estimate of drug-likeness (QED) is 0.776. The molecule has 0 aromatic heterocycles. The van der Waals surface area contributed by atoms with Gasteiger partial charge in [-0.25, -0.2) is 4.39 Å². The summed E-state index contributed by atoms with van der Waals surface area (Å²) in [6, 6.07) is 10.9. The zero-order valence-corrected chi connectivity index (χ0v) is 15.2. The molecule has 2 aromatic carbocycles. The lowest BCUT2D eigenvalue weighted by Crippen LogP contribution is -2.29. The molecule has 3 unspecified atom stereocenters. The summed E-state index contributed by atoms with van der Waals surface area (Å²) in [4.78, 5) is 14.1. The van der Waals surface area contributed by atoms with Crippen LogP contribution in [0.3, 0.4) is 0 Å². The summed E-state index contributed by atoms with van der Waals surface area (Å²) >= 11 is 1.57. The summed E-state index contributed by atoms with van der Waals surface area (Å²) in [5.74, 6) is 0.104. The first-order chi connectivity index (χ1) is 10.5. The van der Waals surface area contributed by atoms with Gasteiger partial charge in [0, 0.05) is 0 Å². The summed E-state index contributed by atoms with van der Waals surface area (Å²) in [7, 11) is 5.18. The topological polar surface area (TPSA) is 20.3 Å². The Hall–Kier alpha value is -0.950. The Kier molecular flexibility index (Phi) is 4.54. The minimum Gasteiger partial charge on any atom is -0.295 e. The van der Waals surface area contributed by atoms with Crippen molar-refractivity contribution < 1.29 is 9.18 Å². The fourth-order valence-corrected chi connectivity index (χ4v) is 4.20. The van der Waals surface area contributed by atoms with E-state index >= 15 is 0 Å². The molecule has 114 valence electrons. The number of carbonyl (C=O) groups excluding carboxylic acids is 1. The van der Waals surface area contributed by atoms with E-state index in [4.69, 9.17) is 0 Å². The van der Waals surface area contributed by atoms with Crippen LogP contribution in [0.2, 0.25) is 0 Å². The normalized spacial score (nSPS) is 18.1. The van der Waals surface area contributed by atoms with Crippen molar-refractivity contribution in [3.63, 3.8) is 0 Å². The van der Waals surface area contributed by atoms with Crippen LogP contribution in [0.4, 0.5) is 10.1 Å². The molecule has 1 fully saturated rings. The second-order valence-corrected chi connectivity index (χ2v) is 7.59. The van der Waals surface area contributed by atoms with Gasteiger partial charge in [-0.3, -0.25) is 9.69 Å². The number of halogens is 1. The molecule has 22 heavy (non-hydrogen) atoms. The van der Waals surface area contributed by atoms with Crippen LogP contribution < -0.4 is 15.5 Å². The molecule has 2 aromatic rings. The molecule has 0 radical (unpaired) electrons. The fourth-order valence-electron chi connectivity index (χ4n) is 2.53. The largest absolute Gasteiger partial charge is 0.295 e. The van der Waals surface area contributed by atoms with E-state index in [9.17, 15) is 9.18 Å². The standard InChI is InChI=1S/C16H16FNOP2S/c1-9-13(6-11(17)7-14(9)21)18-15(19)8-22-16(18)10-2-4-12(20)5-3-10/h2-7,16H,8,20-21H2,1H3. The lowest BCUT2D eigenvalue weighted by Gasteiger charge is -2.26. The molecule has 3 rings (SSSR count). The molecule has 6 heteroatoms. The molecule has 0 N–H and O–H groups in total. The molecule has 1 amide bonds. The van der Waals surface area contributed by atoms with Crippen molar-refractivity contribution >= 4 is 52.4 Å². The molecule has 0 bridgehead atoms. The van der Waals surface area contributed by atoms with Gasteiger partial charge < -0.3 is 0 Å². The highest BCUT2D eigenvalue weighted by Crippen LogP contribution is 2.42. The van der Waals surface area contributed by atoms with Gasteiger partial charge in [0.1, 0.15) is 11.2 Å². The van der Waals surface area contributed by atoms with Crippen LogP contribution in [0.1, 0.15) is 16.5 Å². The molecule has 2 nitrogen and oxygen atoms in total. The van der Waals surface area contributed by atoms with E-state index in [1.165, 1.54) is 12.1 Å². The van der Waals surface area contributed by atoms with Gasteiger partial charge in [0.05, 0.1) is 11.4 Å². The van der Waals surface area contributed by atoms with Crippen molar-refractivity contribution in [2.24, 2.45) is 0 Å². The average Bonchev–Trinajstić information content (AvgIpc) is 2.85. The number of rotatable bonds is 2. The van der Waals surface area contributed by atoms with Gasteiger partial charge in [0.25, 0.3) is 0 Å². The molecular formula is C16H16FNOP2S. The number of carbonyl (C=O) groups is 1. The first-order valence-electron chi connectivity index (χ1n) is 6.82. The van der Waals surface area contributed by atoms with Crippen LogP contribution >= 0.6 is 30.2 Å². The van der Waals surface area contributed by atoms with Gasteiger partial charge in [-0.15, -0.1) is 30.2 Å². The van der Waals surface area contributed by atoms with Crippen molar-refractivity contribution in [1.29, 1.82) is 0 Å². The smallest absolute Gasteiger partial charge is 0.238 e. The van der Waals surface area contributed by atoms with Crippen molar-refractivity contribution in [1.82, 2.24) is 0 Å². The predicted molar refractivity (Wildman–Crippen MR) is 99.0 cm³/mol. The molecule has 1 aliphatic heterocycles. The molecule has 0 aliphatic carbocycles. The zero-order valence-electron chi connectivity index (χ0n) is 12.0. The lowest BCUT2D eigenvalue weighted by atomic mass is 10.1. The highest BCUT2D eigenvalue weighted by Gasteiger charge is 2.35. The lowest BCUT2D eigenvalue weighted by molar-refractivity contribution is -0.115. The van der Waals surface area contributed by atoms with Crippen LogP contribution in [0.15, 0.2) is 36.4 Å². The summed E-state index contributed by atoms with van der Waals surface area (Å²) in [5.41, 5.74) is 2.62. The Morgan fingerprint density at radius 1 is 1.23 bits per heavy atom. The first kappa shape index (κ1) is 15.9. The Labute approximate surface area is 138 Å². The van der Waals surface area contributed by atoms with E-state index in [0.717, 1.165) is 21.7 Å². The Bertz CT molecular complexity index is 736. The highest BCUT2D eigenvalue weighted by atomic mass is 32.2. The Morgan fingerprint density at radius 2 is 1.91 bits per heavy atom. The van der Waals surface area contributed by atoms with Crippen LogP contribution in [0.25, 0.3) is 0 Å². The minimum absolute atomic E-state index is 0.0167. The van der Waals surface area contributed by atoms with Crippen molar-refractivity contribution in [3.05, 3.63) is 53.3 Å². The molecule has 0 saturated carbocycles. The van der Waals surface area contributed by atoms with Crippen LogP contribution in [-0.2, 0) is 4.79 Å². The van der Waals surface area contributed by atoms with Gasteiger partial charge in [-0.2, -0.15) is 0 Å². The second kappa shape index (κ2) is 6.28. The second-order valence-electron chi connectivity index (χ2n) is 5.23. The first-order valence-corrected chi connectivity index (χ1v) is 9.02. The molecule has 1 heterocycles. The number of anilines is 1. The van der Waals surface area contributed by atoms with E-state index in [-0.39, 0.29) is 17.1 Å². The molecule has 3 atom stereocenters. The fraction of sp³-hybridized carbons (Fsp3) is 0.188. The minimum atomic E-state index is -0.325. The third kappa shape index (κ3) is 2.93. The van der Waals surface area contributed by atoms with E-state index < -0.39 is 0 Å². The zero-order chi connectivity index (χ0) is 15.9. The van der Waals surface area contributed by atoms with Crippen LogP contribution in [-0.4, -0.2) is 11.7 Å². The van der Waals surface area contributed by atoms with Crippen LogP contribution in [0.5, 0.6) is 0 Å². The van der Waals surface area contributed by atoms with Gasteiger partial charge in [0.15, 0.2) is 0 Å². The third-order valence-electron chi connectivity index (χ3n) is 3.73. The van der Waals surface area contributed by atoms with Crippen molar-refractivity contribution in [2.75, 3.05) is 10.7 Å². The van der Waals surface area contributed by atoms with Gasteiger partial charge in [0.2, 0.25) is 5.91 Å². The molecular weight excluding hydrogens is 335 g/mol. The number of hydrogen-bond acceptors (Lipinski definition) is 2. The SMILES string of the molecule is Cc1c(P)cc(F)cc1N1C(=O)CSC1c1ccc(P)cc1. The monoisotopic (exact) mass is 351 g/mol. The van der Waals surface area contributed by atoms with Gasteiger partial charge in [-0.05, 0) is 40.8 Å². The van der Waals surface area contributed by atoms with Crippen LogP contribution in [0, 0.1) is 12.7 Å². The number of amides is 1. The van der Waals surface area contributed by atoms with Gasteiger partial charge >= 0.3 is 0 Å². The van der Waals surface area contributed by atoms with E-state index in [2.05, 4.69) is 18.5 Å². The highest BCUT2D eigenvalue weighted by molar-refractivity contribution is 8.00. The average molecular weight is 351 g/mol. The van der Waals surface area contributed by atoms with E-state index in [1.807, 2.05) is 31.2 Å². The van der Waals surface area contributed by atoms with Crippen molar-refractivity contribution in [3.8, 4) is 0 Å². The number of benzene rings is 2. The maximum Gasteiger partial charge on any atom is 0.238 e.